The molecule has 0 unspecified atom stereocenters. The molecular formula is C27H21ClN2O. The summed E-state index contributed by atoms with van der Waals surface area (Å²) in [6.45, 7) is 2.64. The molecule has 0 bridgehead atoms. The first-order valence-corrected chi connectivity index (χ1v) is 10.6. The van der Waals surface area contributed by atoms with Crippen molar-refractivity contribution >= 4 is 39.3 Å². The zero-order valence-corrected chi connectivity index (χ0v) is 17.9. The fraction of sp³-hybridized carbons (Fsp3) is 0.0741. The summed E-state index contributed by atoms with van der Waals surface area (Å²) in [6.07, 6.45) is 0. The van der Waals surface area contributed by atoms with Gasteiger partial charge in [-0.25, -0.2) is 0 Å². The van der Waals surface area contributed by atoms with Gasteiger partial charge in [0.05, 0.1) is 11.0 Å². The smallest absolute Gasteiger partial charge is 0.249 e. The van der Waals surface area contributed by atoms with E-state index in [1.54, 1.807) is 6.07 Å². The summed E-state index contributed by atoms with van der Waals surface area (Å²) in [6, 6.07) is 28.5. The third kappa shape index (κ3) is 3.37. The van der Waals surface area contributed by atoms with Gasteiger partial charge in [-0.15, -0.1) is 0 Å². The summed E-state index contributed by atoms with van der Waals surface area (Å²) >= 11 is 6.39. The first-order chi connectivity index (χ1) is 15.0. The summed E-state index contributed by atoms with van der Waals surface area (Å²) in [5, 5.41) is 2.66. The van der Waals surface area contributed by atoms with Crippen LogP contribution in [0.15, 0.2) is 84.9 Å². The quantitative estimate of drug-likeness (QED) is 0.348. The molecule has 152 valence electrons. The molecule has 0 saturated carbocycles. The van der Waals surface area contributed by atoms with Gasteiger partial charge in [-0.2, -0.15) is 0 Å². The molecule has 1 amide bonds. The molecule has 0 aliphatic rings. The molecule has 0 spiro atoms. The number of nitrogens with zero attached hydrogens (tertiary/aromatic N) is 1. The molecule has 4 aromatic carbocycles. The van der Waals surface area contributed by atoms with Gasteiger partial charge in [0.2, 0.25) is 5.91 Å². The van der Waals surface area contributed by atoms with E-state index in [2.05, 4.69) is 41.0 Å². The van der Waals surface area contributed by atoms with Crippen molar-refractivity contribution in [2.75, 3.05) is 0 Å². The predicted molar refractivity (Wildman–Crippen MR) is 129 cm³/mol. The topological polar surface area (TPSA) is 48.0 Å². The lowest BCUT2D eigenvalue weighted by atomic mass is 10.0. The first kappa shape index (κ1) is 19.4. The molecule has 4 heteroatoms. The largest absolute Gasteiger partial charge is 0.366 e. The highest BCUT2D eigenvalue weighted by Gasteiger charge is 2.17. The van der Waals surface area contributed by atoms with Gasteiger partial charge in [-0.3, -0.25) is 4.79 Å². The maximum Gasteiger partial charge on any atom is 0.249 e. The predicted octanol–water partition coefficient (Wildman–Crippen LogP) is 6.57. The minimum Gasteiger partial charge on any atom is -0.366 e. The molecule has 5 aromatic rings. The normalized spacial score (nSPS) is 11.3. The van der Waals surface area contributed by atoms with Crippen LogP contribution in [0.3, 0.4) is 0 Å². The third-order valence-corrected chi connectivity index (χ3v) is 6.25. The van der Waals surface area contributed by atoms with Gasteiger partial charge < -0.3 is 10.3 Å². The molecule has 5 rings (SSSR count). The second kappa shape index (κ2) is 7.60. The van der Waals surface area contributed by atoms with E-state index in [0.717, 1.165) is 49.1 Å². The molecular weight excluding hydrogens is 404 g/mol. The van der Waals surface area contributed by atoms with Crippen LogP contribution >= 0.6 is 11.6 Å². The Kier molecular flexibility index (Phi) is 4.76. The third-order valence-electron chi connectivity index (χ3n) is 5.84. The van der Waals surface area contributed by atoms with Crippen LogP contribution in [0, 0.1) is 6.92 Å². The van der Waals surface area contributed by atoms with Gasteiger partial charge in [-0.1, -0.05) is 72.3 Å². The Morgan fingerprint density at radius 2 is 1.68 bits per heavy atom. The van der Waals surface area contributed by atoms with Crippen LogP contribution in [0.2, 0.25) is 5.02 Å². The zero-order chi connectivity index (χ0) is 21.5. The van der Waals surface area contributed by atoms with E-state index in [0.29, 0.717) is 12.1 Å². The van der Waals surface area contributed by atoms with Crippen LogP contribution in [-0.4, -0.2) is 10.5 Å². The molecule has 31 heavy (non-hydrogen) atoms. The lowest BCUT2D eigenvalue weighted by Gasteiger charge is -2.10. The maximum absolute atomic E-state index is 12.2. The van der Waals surface area contributed by atoms with E-state index in [-0.39, 0.29) is 0 Å². The van der Waals surface area contributed by atoms with E-state index in [4.69, 9.17) is 17.3 Å². The van der Waals surface area contributed by atoms with Gasteiger partial charge in [0.1, 0.15) is 0 Å². The molecule has 1 aromatic heterocycles. The number of halogens is 1. The Morgan fingerprint density at radius 3 is 2.42 bits per heavy atom. The van der Waals surface area contributed by atoms with Gasteiger partial charge in [0.25, 0.3) is 0 Å². The fourth-order valence-corrected chi connectivity index (χ4v) is 4.45. The number of fused-ring (bicyclic) bond motifs is 3. The van der Waals surface area contributed by atoms with E-state index in [1.165, 1.54) is 0 Å². The molecule has 2 N–H and O–H groups in total. The van der Waals surface area contributed by atoms with Crippen LogP contribution in [0.5, 0.6) is 0 Å². The van der Waals surface area contributed by atoms with E-state index in [1.807, 2.05) is 49.4 Å². The van der Waals surface area contributed by atoms with Crippen LogP contribution in [0.4, 0.5) is 0 Å². The number of amides is 1. The highest BCUT2D eigenvalue weighted by molar-refractivity contribution is 6.31. The van der Waals surface area contributed by atoms with Crippen molar-refractivity contribution in [3.05, 3.63) is 107 Å². The van der Waals surface area contributed by atoms with Gasteiger partial charge in [-0.05, 0) is 53.4 Å². The number of benzene rings is 4. The molecule has 1 heterocycles. The molecule has 3 nitrogen and oxygen atoms in total. The summed E-state index contributed by atoms with van der Waals surface area (Å²) in [5.74, 6) is -0.421. The van der Waals surface area contributed by atoms with Crippen LogP contribution in [0.25, 0.3) is 32.9 Å². The Bertz CT molecular complexity index is 1450. The van der Waals surface area contributed by atoms with E-state index in [9.17, 15) is 4.79 Å². The Labute approximate surface area is 185 Å². The Morgan fingerprint density at radius 1 is 0.871 bits per heavy atom. The monoisotopic (exact) mass is 424 g/mol. The highest BCUT2D eigenvalue weighted by atomic mass is 35.5. The van der Waals surface area contributed by atoms with Crippen molar-refractivity contribution in [2.45, 2.75) is 13.5 Å². The van der Waals surface area contributed by atoms with Crippen molar-refractivity contribution < 1.29 is 4.79 Å². The minimum absolute atomic E-state index is 0.421. The van der Waals surface area contributed by atoms with Crippen molar-refractivity contribution in [1.29, 1.82) is 0 Å². The number of carbonyl (C=O) groups is 1. The number of nitrogens with two attached hydrogens (primary N) is 1. The lowest BCUT2D eigenvalue weighted by molar-refractivity contribution is 0.100. The summed E-state index contributed by atoms with van der Waals surface area (Å²) < 4.78 is 2.24. The van der Waals surface area contributed by atoms with Gasteiger partial charge >= 0.3 is 0 Å². The minimum atomic E-state index is -0.421. The number of aromatic nitrogens is 1. The summed E-state index contributed by atoms with van der Waals surface area (Å²) in [5.41, 5.74) is 12.7. The van der Waals surface area contributed by atoms with Crippen LogP contribution in [-0.2, 0) is 6.54 Å². The number of carbonyl (C=O) groups excluding carboxylic acids is 1. The Hall–Kier alpha value is -3.56. The molecule has 0 aliphatic heterocycles. The van der Waals surface area contributed by atoms with Crippen molar-refractivity contribution in [3.8, 4) is 11.1 Å². The Balaban J connectivity index is 1.80. The lowest BCUT2D eigenvalue weighted by Crippen LogP contribution is -2.11. The number of rotatable bonds is 4. The second-order valence-corrected chi connectivity index (χ2v) is 8.24. The summed E-state index contributed by atoms with van der Waals surface area (Å²) in [7, 11) is 0. The molecule has 0 fully saturated rings. The number of hydrogen-bond acceptors (Lipinski definition) is 1. The van der Waals surface area contributed by atoms with E-state index < -0.39 is 5.91 Å². The molecule has 0 radical (unpaired) electrons. The van der Waals surface area contributed by atoms with Crippen molar-refractivity contribution in [1.82, 2.24) is 4.57 Å². The average Bonchev–Trinajstić information content (AvgIpc) is 3.10. The second-order valence-electron chi connectivity index (χ2n) is 7.83. The van der Waals surface area contributed by atoms with E-state index >= 15 is 0 Å². The number of hydrogen-bond donors (Lipinski definition) is 1. The van der Waals surface area contributed by atoms with Gasteiger partial charge in [0, 0.05) is 27.9 Å². The molecule has 0 saturated heterocycles. The highest BCUT2D eigenvalue weighted by Crippen LogP contribution is 2.35. The van der Waals surface area contributed by atoms with Crippen molar-refractivity contribution in [3.63, 3.8) is 0 Å². The average molecular weight is 425 g/mol. The SMILES string of the molecule is Cc1ccc(Cn2c3cc(-c4ccccc4)ccc3c3c(C(N)=O)cccc32)cc1Cl. The molecule has 0 atom stereocenters. The zero-order valence-electron chi connectivity index (χ0n) is 17.1. The summed E-state index contributed by atoms with van der Waals surface area (Å²) in [4.78, 5) is 12.2. The van der Waals surface area contributed by atoms with Crippen LogP contribution in [0.1, 0.15) is 21.5 Å². The first-order valence-electron chi connectivity index (χ1n) is 10.2. The van der Waals surface area contributed by atoms with Crippen molar-refractivity contribution in [2.24, 2.45) is 5.73 Å². The fourth-order valence-electron chi connectivity index (χ4n) is 4.25. The maximum atomic E-state index is 12.2. The number of aryl methyl sites for hydroxylation is 1. The van der Waals surface area contributed by atoms with Gasteiger partial charge in [0.15, 0.2) is 0 Å². The number of primary amides is 1. The molecule has 0 aliphatic carbocycles. The van der Waals surface area contributed by atoms with Crippen LogP contribution < -0.4 is 5.73 Å². The standard InChI is InChI=1S/C27H21ClN2O/c1-17-10-11-18(14-23(17)28)16-30-24-9-5-8-22(27(29)31)26(24)21-13-12-20(15-25(21)30)19-6-3-2-4-7-19/h2-15H,16H2,1H3,(H2,29,31).